The zero-order valence-corrected chi connectivity index (χ0v) is 11.0. The molecule has 0 aromatic rings. The van der Waals surface area contributed by atoms with Crippen LogP contribution in [0.1, 0.15) is 19.8 Å². The lowest BCUT2D eigenvalue weighted by Gasteiger charge is -2.26. The summed E-state index contributed by atoms with van der Waals surface area (Å²) >= 11 is 0. The zero-order valence-electron chi connectivity index (χ0n) is 11.0. The van der Waals surface area contributed by atoms with Gasteiger partial charge in [0.25, 0.3) is 0 Å². The Morgan fingerprint density at radius 2 is 1.94 bits per heavy atom. The molecule has 1 aliphatic heterocycles. The van der Waals surface area contributed by atoms with Gasteiger partial charge in [-0.2, -0.15) is 0 Å². The summed E-state index contributed by atoms with van der Waals surface area (Å²) in [6, 6.07) is 0. The van der Waals surface area contributed by atoms with Crippen LogP contribution in [0.15, 0.2) is 0 Å². The number of rotatable bonds is 7. The summed E-state index contributed by atoms with van der Waals surface area (Å²) < 4.78 is 5.17. The Morgan fingerprint density at radius 1 is 1.22 bits per heavy atom. The highest BCUT2D eigenvalue weighted by Gasteiger charge is 2.16. The first-order valence-electron chi connectivity index (χ1n) is 6.57. The lowest BCUT2D eigenvalue weighted by molar-refractivity contribution is -0.134. The van der Waals surface area contributed by atoms with Crippen LogP contribution in [0.3, 0.4) is 0 Å². The summed E-state index contributed by atoms with van der Waals surface area (Å²) in [4.78, 5) is 24.8. The Morgan fingerprint density at radius 3 is 2.61 bits per heavy atom. The van der Waals surface area contributed by atoms with Crippen LogP contribution >= 0.6 is 0 Å². The highest BCUT2D eigenvalue weighted by Crippen LogP contribution is 1.96. The van der Waals surface area contributed by atoms with Crippen molar-refractivity contribution >= 4 is 11.8 Å². The highest BCUT2D eigenvalue weighted by atomic mass is 16.5. The van der Waals surface area contributed by atoms with Crippen molar-refractivity contribution in [2.75, 3.05) is 45.9 Å². The molecule has 0 unspecified atom stereocenters. The molecular weight excluding hydrogens is 234 g/mol. The molecule has 0 aromatic carbocycles. The summed E-state index contributed by atoms with van der Waals surface area (Å²) in [6.07, 6.45) is 2.04. The second-order valence-corrected chi connectivity index (χ2v) is 4.30. The van der Waals surface area contributed by atoms with E-state index >= 15 is 0 Å². The molecule has 0 aliphatic carbocycles. The van der Waals surface area contributed by atoms with Crippen molar-refractivity contribution in [1.82, 2.24) is 15.5 Å². The van der Waals surface area contributed by atoms with Crippen LogP contribution in [0.5, 0.6) is 0 Å². The van der Waals surface area contributed by atoms with Gasteiger partial charge in [-0.3, -0.25) is 14.9 Å². The summed E-state index contributed by atoms with van der Waals surface area (Å²) in [5.41, 5.74) is 0. The van der Waals surface area contributed by atoms with Crippen molar-refractivity contribution in [3.8, 4) is 0 Å². The number of carbonyl (C=O) groups is 2. The maximum Gasteiger partial charge on any atom is 0.236 e. The first-order chi connectivity index (χ1) is 8.74. The molecule has 1 fully saturated rings. The van der Waals surface area contributed by atoms with Gasteiger partial charge >= 0.3 is 0 Å². The van der Waals surface area contributed by atoms with E-state index in [0.717, 1.165) is 12.8 Å². The second-order valence-electron chi connectivity index (χ2n) is 4.30. The maximum absolute atomic E-state index is 11.7. The van der Waals surface area contributed by atoms with Crippen LogP contribution in [0.25, 0.3) is 0 Å². The molecule has 1 heterocycles. The van der Waals surface area contributed by atoms with Crippen molar-refractivity contribution in [3.63, 3.8) is 0 Å². The Labute approximate surface area is 108 Å². The van der Waals surface area contributed by atoms with E-state index in [1.807, 2.05) is 0 Å². The molecule has 0 atom stereocenters. The molecule has 0 aromatic heterocycles. The molecule has 104 valence electrons. The number of unbranched alkanes of at least 4 members (excludes halogenated alkanes) is 1. The average molecular weight is 257 g/mol. The molecule has 2 N–H and O–H groups in total. The van der Waals surface area contributed by atoms with Gasteiger partial charge < -0.3 is 15.0 Å². The molecule has 0 spiro atoms. The van der Waals surface area contributed by atoms with E-state index in [9.17, 15) is 9.59 Å². The van der Waals surface area contributed by atoms with Gasteiger partial charge in [-0.05, 0) is 6.42 Å². The Bertz CT molecular complexity index is 265. The molecule has 1 saturated heterocycles. The molecule has 18 heavy (non-hydrogen) atoms. The minimum atomic E-state index is -0.0572. The number of nitrogens with one attached hydrogen (secondary N) is 2. The predicted octanol–water partition coefficient (Wildman–Crippen LogP) is -0.649. The second kappa shape index (κ2) is 8.88. The van der Waals surface area contributed by atoms with E-state index in [2.05, 4.69) is 17.6 Å². The lowest BCUT2D eigenvalue weighted by atomic mass is 10.3. The minimum Gasteiger partial charge on any atom is -0.378 e. The van der Waals surface area contributed by atoms with Crippen molar-refractivity contribution < 1.29 is 14.3 Å². The Kier molecular flexibility index (Phi) is 7.36. The standard InChI is InChI=1S/C12H23N3O3/c1-2-3-4-14-11(16)9-13-10-12(17)15-5-7-18-8-6-15/h13H,2-10H2,1H3,(H,14,16). The minimum absolute atomic E-state index is 0.0275. The molecule has 1 rings (SSSR count). The van der Waals surface area contributed by atoms with Gasteiger partial charge in [0, 0.05) is 19.6 Å². The number of hydrogen-bond donors (Lipinski definition) is 2. The Balaban J connectivity index is 2.05. The van der Waals surface area contributed by atoms with Crippen LogP contribution in [0, 0.1) is 0 Å². The molecule has 0 radical (unpaired) electrons. The third-order valence-electron chi connectivity index (χ3n) is 2.78. The van der Waals surface area contributed by atoms with E-state index in [1.165, 1.54) is 0 Å². The largest absolute Gasteiger partial charge is 0.378 e. The van der Waals surface area contributed by atoms with Crippen LogP contribution < -0.4 is 10.6 Å². The van der Waals surface area contributed by atoms with E-state index in [4.69, 9.17) is 4.74 Å². The van der Waals surface area contributed by atoms with Gasteiger partial charge in [0.2, 0.25) is 11.8 Å². The summed E-state index contributed by atoms with van der Waals surface area (Å²) in [7, 11) is 0. The van der Waals surface area contributed by atoms with E-state index < -0.39 is 0 Å². The summed E-state index contributed by atoms with van der Waals surface area (Å²) in [5, 5.41) is 5.66. The fourth-order valence-corrected chi connectivity index (χ4v) is 1.67. The van der Waals surface area contributed by atoms with Gasteiger partial charge in [-0.25, -0.2) is 0 Å². The maximum atomic E-state index is 11.7. The molecule has 1 aliphatic rings. The Hall–Kier alpha value is -1.14. The number of carbonyl (C=O) groups excluding carboxylic acids is 2. The van der Waals surface area contributed by atoms with Crippen LogP contribution in [-0.2, 0) is 14.3 Å². The molecule has 0 bridgehead atoms. The molecule has 6 nitrogen and oxygen atoms in total. The first-order valence-corrected chi connectivity index (χ1v) is 6.57. The number of amides is 2. The lowest BCUT2D eigenvalue weighted by Crippen LogP contribution is -2.46. The SMILES string of the molecule is CCCCNC(=O)CNCC(=O)N1CCOCC1. The molecule has 0 saturated carbocycles. The summed E-state index contributed by atoms with van der Waals surface area (Å²) in [5.74, 6) is -0.0297. The van der Waals surface area contributed by atoms with Crippen LogP contribution in [0.2, 0.25) is 0 Å². The van der Waals surface area contributed by atoms with Gasteiger partial charge in [0.1, 0.15) is 0 Å². The monoisotopic (exact) mass is 257 g/mol. The third-order valence-corrected chi connectivity index (χ3v) is 2.78. The zero-order chi connectivity index (χ0) is 13.2. The van der Waals surface area contributed by atoms with Crippen molar-refractivity contribution in [1.29, 1.82) is 0 Å². The third kappa shape index (κ3) is 5.97. The molecular formula is C12H23N3O3. The predicted molar refractivity (Wildman–Crippen MR) is 68.2 cm³/mol. The van der Waals surface area contributed by atoms with Crippen molar-refractivity contribution in [2.45, 2.75) is 19.8 Å². The average Bonchev–Trinajstić information content (AvgIpc) is 2.40. The van der Waals surface area contributed by atoms with E-state index in [1.54, 1.807) is 4.90 Å². The number of morpholine rings is 1. The molecule has 6 heteroatoms. The van der Waals surface area contributed by atoms with Crippen molar-refractivity contribution in [3.05, 3.63) is 0 Å². The van der Waals surface area contributed by atoms with Crippen LogP contribution in [0.4, 0.5) is 0 Å². The van der Waals surface area contributed by atoms with Crippen LogP contribution in [-0.4, -0.2) is 62.7 Å². The topological polar surface area (TPSA) is 70.7 Å². The van der Waals surface area contributed by atoms with E-state index in [-0.39, 0.29) is 24.9 Å². The summed E-state index contributed by atoms with van der Waals surface area (Å²) in [6.45, 7) is 5.67. The van der Waals surface area contributed by atoms with Gasteiger partial charge in [-0.15, -0.1) is 0 Å². The van der Waals surface area contributed by atoms with E-state index in [0.29, 0.717) is 32.8 Å². The normalized spacial score (nSPS) is 15.5. The van der Waals surface area contributed by atoms with Gasteiger partial charge in [0.15, 0.2) is 0 Å². The van der Waals surface area contributed by atoms with Crippen molar-refractivity contribution in [2.24, 2.45) is 0 Å². The number of nitrogens with zero attached hydrogens (tertiary/aromatic N) is 1. The quantitative estimate of drug-likeness (QED) is 0.595. The fourth-order valence-electron chi connectivity index (χ4n) is 1.67. The first kappa shape index (κ1) is 14.9. The molecule has 2 amide bonds. The fraction of sp³-hybridized carbons (Fsp3) is 0.833. The van der Waals surface area contributed by atoms with Gasteiger partial charge in [-0.1, -0.05) is 13.3 Å². The number of hydrogen-bond acceptors (Lipinski definition) is 4. The van der Waals surface area contributed by atoms with Gasteiger partial charge in [0.05, 0.1) is 26.3 Å². The number of ether oxygens (including phenoxy) is 1. The smallest absolute Gasteiger partial charge is 0.236 e. The highest BCUT2D eigenvalue weighted by molar-refractivity contribution is 5.81.